The van der Waals surface area contributed by atoms with Crippen molar-refractivity contribution in [3.63, 3.8) is 0 Å². The summed E-state index contributed by atoms with van der Waals surface area (Å²) in [5.41, 5.74) is -2.30. The molecular formula is C19H10ClF6NO2. The number of benzene rings is 2. The van der Waals surface area contributed by atoms with Crippen LogP contribution in [0.3, 0.4) is 0 Å². The third kappa shape index (κ3) is 4.56. The van der Waals surface area contributed by atoms with Gasteiger partial charge in [0.15, 0.2) is 5.76 Å². The van der Waals surface area contributed by atoms with Crippen molar-refractivity contribution < 1.29 is 35.6 Å². The van der Waals surface area contributed by atoms with Gasteiger partial charge in [-0.05, 0) is 36.4 Å². The van der Waals surface area contributed by atoms with Gasteiger partial charge < -0.3 is 9.73 Å². The molecule has 0 spiro atoms. The zero-order chi connectivity index (χ0) is 21.4. The molecule has 10 heteroatoms. The van der Waals surface area contributed by atoms with Crippen LogP contribution in [0.15, 0.2) is 59.0 Å². The van der Waals surface area contributed by atoms with Crippen molar-refractivity contribution in [1.82, 2.24) is 0 Å². The van der Waals surface area contributed by atoms with Gasteiger partial charge in [0.1, 0.15) is 5.76 Å². The summed E-state index contributed by atoms with van der Waals surface area (Å²) < 4.78 is 82.8. The Balaban J connectivity index is 1.84. The summed E-state index contributed by atoms with van der Waals surface area (Å²) in [6, 6.07) is 9.63. The van der Waals surface area contributed by atoms with E-state index in [0.717, 1.165) is 24.3 Å². The van der Waals surface area contributed by atoms with E-state index < -0.39 is 34.4 Å². The molecule has 0 saturated carbocycles. The average molecular weight is 434 g/mol. The van der Waals surface area contributed by atoms with E-state index in [1.54, 1.807) is 0 Å². The number of furan rings is 1. The molecule has 0 atom stereocenters. The van der Waals surface area contributed by atoms with Crippen LogP contribution in [-0.4, -0.2) is 5.91 Å². The molecule has 0 unspecified atom stereocenters. The fourth-order valence-electron chi connectivity index (χ4n) is 2.57. The van der Waals surface area contributed by atoms with Gasteiger partial charge in [-0.1, -0.05) is 29.8 Å². The maximum atomic E-state index is 13.1. The first-order valence-corrected chi connectivity index (χ1v) is 8.29. The van der Waals surface area contributed by atoms with Crippen LogP contribution in [0.25, 0.3) is 11.3 Å². The number of amides is 1. The maximum absolute atomic E-state index is 13.1. The Bertz CT molecular complexity index is 1060. The highest BCUT2D eigenvalue weighted by molar-refractivity contribution is 6.31. The molecule has 29 heavy (non-hydrogen) atoms. The Labute approximate surface area is 164 Å². The molecule has 3 nitrogen and oxygen atoms in total. The molecule has 152 valence electrons. The summed E-state index contributed by atoms with van der Waals surface area (Å²) in [4.78, 5) is 12.2. The molecule has 2 aromatic carbocycles. The van der Waals surface area contributed by atoms with Crippen molar-refractivity contribution in [2.75, 3.05) is 5.32 Å². The van der Waals surface area contributed by atoms with Gasteiger partial charge in [0.25, 0.3) is 5.91 Å². The van der Waals surface area contributed by atoms with E-state index in [1.807, 2.05) is 0 Å². The van der Waals surface area contributed by atoms with Crippen molar-refractivity contribution in [3.8, 4) is 11.3 Å². The van der Waals surface area contributed by atoms with Crippen LogP contribution < -0.4 is 5.32 Å². The third-order valence-corrected chi connectivity index (χ3v) is 4.17. The van der Waals surface area contributed by atoms with Crippen LogP contribution in [0.5, 0.6) is 0 Å². The molecule has 0 radical (unpaired) electrons. The summed E-state index contributed by atoms with van der Waals surface area (Å²) in [5.74, 6) is -1.38. The molecule has 3 aromatic rings. The average Bonchev–Trinajstić information content (AvgIpc) is 3.10. The van der Waals surface area contributed by atoms with Gasteiger partial charge in [0.05, 0.1) is 16.1 Å². The third-order valence-electron chi connectivity index (χ3n) is 3.86. The van der Waals surface area contributed by atoms with Crippen LogP contribution in [0.2, 0.25) is 5.02 Å². The minimum Gasteiger partial charge on any atom is -0.451 e. The first-order chi connectivity index (χ1) is 13.5. The van der Waals surface area contributed by atoms with E-state index >= 15 is 0 Å². The number of halogens is 7. The molecule has 0 aliphatic rings. The van der Waals surface area contributed by atoms with Gasteiger partial charge in [-0.15, -0.1) is 0 Å². The molecule has 1 aromatic heterocycles. The summed E-state index contributed by atoms with van der Waals surface area (Å²) >= 11 is 5.59. The topological polar surface area (TPSA) is 42.2 Å². The number of alkyl halides is 6. The Morgan fingerprint density at radius 3 is 2.14 bits per heavy atom. The predicted molar refractivity (Wildman–Crippen MR) is 93.6 cm³/mol. The Hall–Kier alpha value is -2.94. The zero-order valence-corrected chi connectivity index (χ0v) is 14.9. The number of carbonyl (C=O) groups is 1. The van der Waals surface area contributed by atoms with Crippen LogP contribution in [0, 0.1) is 0 Å². The smallest absolute Gasteiger partial charge is 0.417 e. The molecular weight excluding hydrogens is 424 g/mol. The highest BCUT2D eigenvalue weighted by Gasteiger charge is 2.34. The van der Waals surface area contributed by atoms with Crippen molar-refractivity contribution in [1.29, 1.82) is 0 Å². The lowest BCUT2D eigenvalue weighted by Gasteiger charge is -2.11. The Kier molecular flexibility index (Phi) is 5.36. The second-order valence-electron chi connectivity index (χ2n) is 5.85. The van der Waals surface area contributed by atoms with Crippen molar-refractivity contribution in [3.05, 3.63) is 76.5 Å². The SMILES string of the molecule is O=C(Nc1ccc(C(F)(F)F)c(Cl)c1)c1ccc(-c2ccccc2C(F)(F)F)o1. The fraction of sp³-hybridized carbons (Fsp3) is 0.105. The van der Waals surface area contributed by atoms with Gasteiger partial charge >= 0.3 is 12.4 Å². The quantitative estimate of drug-likeness (QED) is 0.457. The lowest BCUT2D eigenvalue weighted by Crippen LogP contribution is -2.12. The van der Waals surface area contributed by atoms with E-state index in [1.165, 1.54) is 24.3 Å². The summed E-state index contributed by atoms with van der Waals surface area (Å²) in [7, 11) is 0. The summed E-state index contributed by atoms with van der Waals surface area (Å²) in [6.07, 6.45) is -9.27. The first-order valence-electron chi connectivity index (χ1n) is 7.91. The summed E-state index contributed by atoms with van der Waals surface area (Å²) in [5, 5.41) is 1.66. The van der Waals surface area contributed by atoms with Crippen LogP contribution in [-0.2, 0) is 12.4 Å². The second kappa shape index (κ2) is 7.47. The number of rotatable bonds is 3. The number of hydrogen-bond donors (Lipinski definition) is 1. The maximum Gasteiger partial charge on any atom is 0.417 e. The van der Waals surface area contributed by atoms with Crippen LogP contribution in [0.1, 0.15) is 21.7 Å². The van der Waals surface area contributed by atoms with Gasteiger partial charge in [-0.3, -0.25) is 4.79 Å². The molecule has 3 rings (SSSR count). The second-order valence-corrected chi connectivity index (χ2v) is 6.26. The number of nitrogens with one attached hydrogen (secondary N) is 1. The number of hydrogen-bond acceptors (Lipinski definition) is 2. The molecule has 1 heterocycles. The highest BCUT2D eigenvalue weighted by atomic mass is 35.5. The van der Waals surface area contributed by atoms with E-state index in [-0.39, 0.29) is 22.8 Å². The molecule has 0 aliphatic heterocycles. The van der Waals surface area contributed by atoms with E-state index in [4.69, 9.17) is 16.0 Å². The molecule has 0 fully saturated rings. The van der Waals surface area contributed by atoms with E-state index in [0.29, 0.717) is 6.07 Å². The normalized spacial score (nSPS) is 12.1. The minimum absolute atomic E-state index is 0.0401. The molecule has 0 aliphatic carbocycles. The zero-order valence-electron chi connectivity index (χ0n) is 14.2. The lowest BCUT2D eigenvalue weighted by molar-refractivity contribution is -0.138. The molecule has 0 saturated heterocycles. The predicted octanol–water partition coefficient (Wildman–Crippen LogP) is 6.89. The minimum atomic E-state index is -4.65. The molecule has 1 amide bonds. The Morgan fingerprint density at radius 2 is 1.52 bits per heavy atom. The summed E-state index contributed by atoms with van der Waals surface area (Å²) in [6.45, 7) is 0. The highest BCUT2D eigenvalue weighted by Crippen LogP contribution is 2.38. The molecule has 0 bridgehead atoms. The molecule has 1 N–H and O–H groups in total. The van der Waals surface area contributed by atoms with Crippen molar-refractivity contribution in [2.24, 2.45) is 0 Å². The van der Waals surface area contributed by atoms with Gasteiger partial charge in [-0.2, -0.15) is 26.3 Å². The van der Waals surface area contributed by atoms with Gasteiger partial charge in [0, 0.05) is 11.3 Å². The van der Waals surface area contributed by atoms with E-state index in [2.05, 4.69) is 5.32 Å². The van der Waals surface area contributed by atoms with Crippen molar-refractivity contribution >= 4 is 23.2 Å². The van der Waals surface area contributed by atoms with E-state index in [9.17, 15) is 31.1 Å². The number of carbonyl (C=O) groups excluding carboxylic acids is 1. The largest absolute Gasteiger partial charge is 0.451 e. The van der Waals surface area contributed by atoms with Crippen LogP contribution in [0.4, 0.5) is 32.0 Å². The fourth-order valence-corrected chi connectivity index (χ4v) is 2.85. The van der Waals surface area contributed by atoms with Crippen molar-refractivity contribution in [2.45, 2.75) is 12.4 Å². The monoisotopic (exact) mass is 433 g/mol. The standard InChI is InChI=1S/C19H10ClF6NO2/c20-14-9-10(5-6-13(14)19(24,25)26)27-17(28)16-8-7-15(29-16)11-3-1-2-4-12(11)18(21,22)23/h1-9H,(H,27,28). The van der Waals surface area contributed by atoms with Gasteiger partial charge in [0.2, 0.25) is 0 Å². The Morgan fingerprint density at radius 1 is 0.862 bits per heavy atom. The lowest BCUT2D eigenvalue weighted by atomic mass is 10.1. The first kappa shape index (κ1) is 20.8. The number of anilines is 1. The van der Waals surface area contributed by atoms with Crippen LogP contribution >= 0.6 is 11.6 Å². The van der Waals surface area contributed by atoms with Gasteiger partial charge in [-0.25, -0.2) is 0 Å².